The first-order valence-electron chi connectivity index (χ1n) is 4.80. The van der Waals surface area contributed by atoms with E-state index in [-0.39, 0.29) is 0 Å². The minimum Gasteiger partial charge on any atom is -0.449 e. The fourth-order valence-electron chi connectivity index (χ4n) is 1.24. The predicted molar refractivity (Wildman–Crippen MR) is 49.5 cm³/mol. The van der Waals surface area contributed by atoms with Crippen LogP contribution in [-0.2, 0) is 23.9 Å². The number of rotatable bonds is 4. The van der Waals surface area contributed by atoms with Crippen LogP contribution >= 0.6 is 0 Å². The Bertz CT molecular complexity index is 336. The fraction of sp³-hybridized carbons (Fsp3) is 0.667. The van der Waals surface area contributed by atoms with Gasteiger partial charge in [-0.05, 0) is 6.92 Å². The molecule has 1 fully saturated rings. The predicted octanol–water partition coefficient (Wildman–Crippen LogP) is -2.87. The van der Waals surface area contributed by atoms with Crippen LogP contribution in [0.1, 0.15) is 6.92 Å². The molecule has 0 aromatic rings. The van der Waals surface area contributed by atoms with Crippen molar-refractivity contribution < 1.29 is 39.2 Å². The Labute approximate surface area is 95.7 Å². The summed E-state index contributed by atoms with van der Waals surface area (Å²) in [6, 6.07) is 0. The van der Waals surface area contributed by atoms with E-state index in [2.05, 4.69) is 9.47 Å². The summed E-state index contributed by atoms with van der Waals surface area (Å²) >= 11 is 0. The Kier molecular flexibility index (Phi) is 4.16. The largest absolute Gasteiger partial charge is 0.449 e. The summed E-state index contributed by atoms with van der Waals surface area (Å²) in [5, 5.41) is 26.9. The number of hydrogen-bond donors (Lipinski definition) is 3. The van der Waals surface area contributed by atoms with Crippen LogP contribution in [0.25, 0.3) is 0 Å². The van der Waals surface area contributed by atoms with Crippen LogP contribution < -0.4 is 0 Å². The molecule has 2 unspecified atom stereocenters. The maximum atomic E-state index is 11.3. The van der Waals surface area contributed by atoms with Gasteiger partial charge in [0, 0.05) is 0 Å². The van der Waals surface area contributed by atoms with E-state index >= 15 is 0 Å². The van der Waals surface area contributed by atoms with Gasteiger partial charge in [0.2, 0.25) is 6.10 Å². The average Bonchev–Trinajstić information content (AvgIpc) is 2.56. The van der Waals surface area contributed by atoms with Crippen LogP contribution in [0.4, 0.5) is 0 Å². The van der Waals surface area contributed by atoms with Crippen molar-refractivity contribution in [1.82, 2.24) is 0 Å². The van der Waals surface area contributed by atoms with Gasteiger partial charge in [-0.15, -0.1) is 0 Å². The third-order valence-electron chi connectivity index (χ3n) is 2.15. The first kappa shape index (κ1) is 13.6. The van der Waals surface area contributed by atoms with E-state index in [9.17, 15) is 19.5 Å². The second-order valence-electron chi connectivity index (χ2n) is 3.52. The number of carbonyl (C=O) groups excluding carboxylic acids is 3. The number of aliphatic hydroxyl groups excluding tert-OH is 3. The topological polar surface area (TPSA) is 130 Å². The average molecular weight is 248 g/mol. The number of aliphatic hydroxyl groups is 3. The Morgan fingerprint density at radius 1 is 1.47 bits per heavy atom. The number of hydrogen-bond acceptors (Lipinski definition) is 8. The molecule has 4 atom stereocenters. The van der Waals surface area contributed by atoms with E-state index in [0.29, 0.717) is 0 Å². The lowest BCUT2D eigenvalue weighted by Crippen LogP contribution is -2.43. The zero-order valence-corrected chi connectivity index (χ0v) is 8.90. The molecular weight excluding hydrogens is 236 g/mol. The minimum absolute atomic E-state index is 0.770. The van der Waals surface area contributed by atoms with Crippen molar-refractivity contribution in [2.24, 2.45) is 0 Å². The highest BCUT2D eigenvalue weighted by Gasteiger charge is 2.49. The highest BCUT2D eigenvalue weighted by molar-refractivity contribution is 6.37. The van der Waals surface area contributed by atoms with E-state index in [1.807, 2.05) is 0 Å². The SMILES string of the molecule is CC(O)C(=O)OC1C(=O)C(=O)O[C@@H]1[C@@H](O)CO. The van der Waals surface area contributed by atoms with Gasteiger partial charge in [-0.25, -0.2) is 9.59 Å². The Hall–Kier alpha value is -1.51. The summed E-state index contributed by atoms with van der Waals surface area (Å²) in [6.45, 7) is 0.343. The zero-order chi connectivity index (χ0) is 13.2. The van der Waals surface area contributed by atoms with Gasteiger partial charge < -0.3 is 24.8 Å². The van der Waals surface area contributed by atoms with Crippen LogP contribution in [0, 0.1) is 0 Å². The summed E-state index contributed by atoms with van der Waals surface area (Å²) in [5.41, 5.74) is 0. The molecular formula is C9H12O8. The molecule has 3 N–H and O–H groups in total. The van der Waals surface area contributed by atoms with E-state index in [1.54, 1.807) is 0 Å². The maximum Gasteiger partial charge on any atom is 0.379 e. The van der Waals surface area contributed by atoms with Gasteiger partial charge in [0.25, 0.3) is 5.78 Å². The van der Waals surface area contributed by atoms with Crippen LogP contribution in [-0.4, -0.2) is 64.1 Å². The monoisotopic (exact) mass is 248 g/mol. The van der Waals surface area contributed by atoms with E-state index < -0.39 is 48.7 Å². The second kappa shape index (κ2) is 5.21. The molecule has 0 amide bonds. The molecule has 96 valence electrons. The molecule has 1 aliphatic rings. The molecule has 1 saturated heterocycles. The van der Waals surface area contributed by atoms with Crippen molar-refractivity contribution >= 4 is 17.7 Å². The van der Waals surface area contributed by atoms with Gasteiger partial charge in [-0.1, -0.05) is 0 Å². The van der Waals surface area contributed by atoms with Crippen molar-refractivity contribution in [2.75, 3.05) is 6.61 Å². The van der Waals surface area contributed by atoms with Crippen LogP contribution in [0.5, 0.6) is 0 Å². The van der Waals surface area contributed by atoms with Gasteiger partial charge in [-0.3, -0.25) is 4.79 Å². The Balaban J connectivity index is 2.81. The Morgan fingerprint density at radius 2 is 2.06 bits per heavy atom. The summed E-state index contributed by atoms with van der Waals surface area (Å²) < 4.78 is 9.00. The number of carbonyl (C=O) groups is 3. The normalized spacial score (nSPS) is 27.5. The van der Waals surface area contributed by atoms with E-state index in [1.165, 1.54) is 0 Å². The standard InChI is InChI=1S/C9H12O8/c1-3(11)8(14)17-7-5(13)9(15)16-6(7)4(12)2-10/h3-4,6-7,10-12H,2H2,1H3/t3?,4-,6+,7?/m0/s1. The van der Waals surface area contributed by atoms with Gasteiger partial charge in [0.15, 0.2) is 6.10 Å². The summed E-state index contributed by atoms with van der Waals surface area (Å²) in [7, 11) is 0. The first-order valence-corrected chi connectivity index (χ1v) is 4.80. The van der Waals surface area contributed by atoms with Crippen molar-refractivity contribution in [3.63, 3.8) is 0 Å². The van der Waals surface area contributed by atoms with Gasteiger partial charge >= 0.3 is 11.9 Å². The maximum absolute atomic E-state index is 11.3. The molecule has 0 aliphatic carbocycles. The van der Waals surface area contributed by atoms with Crippen LogP contribution in [0.15, 0.2) is 0 Å². The summed E-state index contributed by atoms with van der Waals surface area (Å²) in [5.74, 6) is -3.53. The summed E-state index contributed by atoms with van der Waals surface area (Å²) in [4.78, 5) is 33.3. The van der Waals surface area contributed by atoms with Crippen molar-refractivity contribution in [3.8, 4) is 0 Å². The zero-order valence-electron chi connectivity index (χ0n) is 8.90. The molecule has 8 nitrogen and oxygen atoms in total. The molecule has 8 heteroatoms. The fourth-order valence-corrected chi connectivity index (χ4v) is 1.24. The number of Topliss-reactive ketones (excluding diaryl/α,β-unsaturated/α-hetero) is 1. The molecule has 1 rings (SSSR count). The number of esters is 2. The highest BCUT2D eigenvalue weighted by atomic mass is 16.6. The lowest BCUT2D eigenvalue weighted by atomic mass is 10.1. The number of ether oxygens (including phenoxy) is 2. The van der Waals surface area contributed by atoms with Crippen LogP contribution in [0.3, 0.4) is 0 Å². The van der Waals surface area contributed by atoms with Crippen molar-refractivity contribution in [3.05, 3.63) is 0 Å². The van der Waals surface area contributed by atoms with Gasteiger partial charge in [0.1, 0.15) is 12.2 Å². The van der Waals surface area contributed by atoms with Crippen molar-refractivity contribution in [1.29, 1.82) is 0 Å². The molecule has 0 aromatic heterocycles. The quantitative estimate of drug-likeness (QED) is 0.357. The molecule has 0 bridgehead atoms. The molecule has 0 saturated carbocycles. The lowest BCUT2D eigenvalue weighted by molar-refractivity contribution is -0.167. The molecule has 0 aromatic carbocycles. The van der Waals surface area contributed by atoms with Crippen molar-refractivity contribution in [2.45, 2.75) is 31.3 Å². The van der Waals surface area contributed by atoms with Gasteiger partial charge in [0.05, 0.1) is 6.61 Å². The second-order valence-corrected chi connectivity index (χ2v) is 3.52. The molecule has 0 radical (unpaired) electrons. The Morgan fingerprint density at radius 3 is 2.53 bits per heavy atom. The summed E-state index contributed by atoms with van der Waals surface area (Å²) in [6.07, 6.45) is -6.13. The molecule has 17 heavy (non-hydrogen) atoms. The first-order chi connectivity index (χ1) is 7.88. The third kappa shape index (κ3) is 2.78. The molecule has 1 aliphatic heterocycles. The van der Waals surface area contributed by atoms with E-state index in [0.717, 1.165) is 6.92 Å². The lowest BCUT2D eigenvalue weighted by Gasteiger charge is -2.20. The smallest absolute Gasteiger partial charge is 0.379 e. The van der Waals surface area contributed by atoms with Gasteiger partial charge in [-0.2, -0.15) is 0 Å². The molecule has 1 heterocycles. The third-order valence-corrected chi connectivity index (χ3v) is 2.15. The highest BCUT2D eigenvalue weighted by Crippen LogP contribution is 2.19. The van der Waals surface area contributed by atoms with Crippen LogP contribution in [0.2, 0.25) is 0 Å². The minimum atomic E-state index is -1.65. The van der Waals surface area contributed by atoms with E-state index in [4.69, 9.17) is 10.2 Å². The molecule has 0 spiro atoms. The number of ketones is 1. The number of cyclic esters (lactones) is 1.